The van der Waals surface area contributed by atoms with Gasteiger partial charge in [-0.1, -0.05) is 18.2 Å². The van der Waals surface area contributed by atoms with Crippen LogP contribution in [0.5, 0.6) is 5.75 Å². The minimum Gasteiger partial charge on any atom is -0.496 e. The van der Waals surface area contributed by atoms with E-state index in [9.17, 15) is 0 Å². The number of rotatable bonds is 3. The highest BCUT2D eigenvalue weighted by atomic mass is 16.5. The number of hydrogen-bond acceptors (Lipinski definition) is 5. The molecular weight excluding hydrogens is 206 g/mol. The van der Waals surface area contributed by atoms with E-state index in [-0.39, 0.29) is 5.95 Å². The van der Waals surface area contributed by atoms with E-state index in [1.165, 1.54) is 4.68 Å². The lowest BCUT2D eigenvalue weighted by molar-refractivity contribution is 0.407. The maximum absolute atomic E-state index is 5.65. The molecule has 2 rings (SSSR count). The molecule has 0 saturated carbocycles. The number of methoxy groups -OCH3 is 1. The van der Waals surface area contributed by atoms with Crippen LogP contribution in [0.1, 0.15) is 5.56 Å². The van der Waals surface area contributed by atoms with Gasteiger partial charge in [-0.3, -0.25) is 0 Å². The van der Waals surface area contributed by atoms with Gasteiger partial charge in [0.25, 0.3) is 0 Å². The van der Waals surface area contributed by atoms with Crippen molar-refractivity contribution in [1.82, 2.24) is 14.8 Å². The minimum absolute atomic E-state index is 0.174. The van der Waals surface area contributed by atoms with Crippen LogP contribution in [0.15, 0.2) is 24.3 Å². The van der Waals surface area contributed by atoms with E-state index in [0.29, 0.717) is 12.5 Å². The second kappa shape index (κ2) is 4.09. The summed E-state index contributed by atoms with van der Waals surface area (Å²) in [6, 6.07) is 7.65. The second-order valence-corrected chi connectivity index (χ2v) is 3.30. The van der Waals surface area contributed by atoms with Crippen molar-refractivity contribution in [3.05, 3.63) is 29.8 Å². The zero-order valence-corrected chi connectivity index (χ0v) is 8.92. The van der Waals surface area contributed by atoms with Gasteiger partial charge in [0.15, 0.2) is 0 Å². The predicted molar refractivity (Wildman–Crippen MR) is 60.9 cm³/mol. The molecular formula is C10H13N5O. The van der Waals surface area contributed by atoms with Crippen molar-refractivity contribution in [3.63, 3.8) is 0 Å². The zero-order valence-electron chi connectivity index (χ0n) is 8.92. The van der Waals surface area contributed by atoms with E-state index in [4.69, 9.17) is 16.2 Å². The molecule has 6 nitrogen and oxygen atoms in total. The topological polar surface area (TPSA) is 92.0 Å². The van der Waals surface area contributed by atoms with E-state index >= 15 is 0 Å². The molecule has 2 aromatic rings. The molecule has 0 spiro atoms. The number of ether oxygens (including phenoxy) is 1. The molecule has 0 fully saturated rings. The van der Waals surface area contributed by atoms with Gasteiger partial charge in [0.1, 0.15) is 5.75 Å². The third-order valence-corrected chi connectivity index (χ3v) is 2.23. The molecule has 0 aliphatic carbocycles. The number of anilines is 2. The van der Waals surface area contributed by atoms with Gasteiger partial charge in [-0.2, -0.15) is 4.98 Å². The molecule has 0 saturated heterocycles. The van der Waals surface area contributed by atoms with E-state index < -0.39 is 0 Å². The Balaban J connectivity index is 2.30. The van der Waals surface area contributed by atoms with Crippen molar-refractivity contribution >= 4 is 11.9 Å². The Morgan fingerprint density at radius 1 is 1.31 bits per heavy atom. The maximum Gasteiger partial charge on any atom is 0.241 e. The lowest BCUT2D eigenvalue weighted by atomic mass is 10.2. The molecule has 16 heavy (non-hydrogen) atoms. The van der Waals surface area contributed by atoms with Crippen LogP contribution in [0.3, 0.4) is 0 Å². The molecule has 0 atom stereocenters. The van der Waals surface area contributed by atoms with Crippen LogP contribution in [0.4, 0.5) is 11.9 Å². The number of para-hydroxylation sites is 1. The van der Waals surface area contributed by atoms with Crippen molar-refractivity contribution in [1.29, 1.82) is 0 Å². The fourth-order valence-corrected chi connectivity index (χ4v) is 1.48. The molecule has 1 heterocycles. The smallest absolute Gasteiger partial charge is 0.241 e. The van der Waals surface area contributed by atoms with E-state index in [1.807, 2.05) is 24.3 Å². The Kier molecular flexibility index (Phi) is 2.63. The molecule has 84 valence electrons. The molecule has 0 radical (unpaired) electrons. The van der Waals surface area contributed by atoms with Crippen molar-refractivity contribution in [2.24, 2.45) is 0 Å². The SMILES string of the molecule is COc1ccccc1Cn1nc(N)nc1N. The number of hydrogen-bond donors (Lipinski definition) is 2. The Bertz CT molecular complexity index is 494. The highest BCUT2D eigenvalue weighted by Crippen LogP contribution is 2.19. The van der Waals surface area contributed by atoms with Crippen LogP contribution in [-0.4, -0.2) is 21.9 Å². The van der Waals surface area contributed by atoms with Crippen LogP contribution in [0, 0.1) is 0 Å². The first-order valence-corrected chi connectivity index (χ1v) is 4.78. The van der Waals surface area contributed by atoms with E-state index in [1.54, 1.807) is 7.11 Å². The predicted octanol–water partition coefficient (Wildman–Crippen LogP) is 0.499. The molecule has 0 aliphatic rings. The van der Waals surface area contributed by atoms with Crippen molar-refractivity contribution in [2.75, 3.05) is 18.6 Å². The van der Waals surface area contributed by atoms with E-state index in [0.717, 1.165) is 11.3 Å². The van der Waals surface area contributed by atoms with Crippen molar-refractivity contribution in [3.8, 4) is 5.75 Å². The monoisotopic (exact) mass is 219 g/mol. The second-order valence-electron chi connectivity index (χ2n) is 3.30. The lowest BCUT2D eigenvalue weighted by Crippen LogP contribution is -2.07. The molecule has 0 aliphatic heterocycles. The highest BCUT2D eigenvalue weighted by molar-refractivity contribution is 5.35. The standard InChI is InChI=1S/C10H13N5O/c1-16-8-5-3-2-4-7(8)6-15-10(12)13-9(11)14-15/h2-5H,6H2,1H3,(H4,11,12,13,14). The number of aromatic nitrogens is 3. The fourth-order valence-electron chi connectivity index (χ4n) is 1.48. The Morgan fingerprint density at radius 3 is 2.69 bits per heavy atom. The summed E-state index contributed by atoms with van der Waals surface area (Å²) in [4.78, 5) is 3.83. The number of nitrogens with zero attached hydrogens (tertiary/aromatic N) is 3. The summed E-state index contributed by atoms with van der Waals surface area (Å²) in [6.07, 6.45) is 0. The van der Waals surface area contributed by atoms with Crippen LogP contribution < -0.4 is 16.2 Å². The van der Waals surface area contributed by atoms with Crippen molar-refractivity contribution in [2.45, 2.75) is 6.54 Å². The van der Waals surface area contributed by atoms with Crippen LogP contribution in [0.2, 0.25) is 0 Å². The quantitative estimate of drug-likeness (QED) is 0.784. The summed E-state index contributed by atoms with van der Waals surface area (Å²) >= 11 is 0. The Morgan fingerprint density at radius 2 is 2.06 bits per heavy atom. The first-order chi connectivity index (χ1) is 7.70. The summed E-state index contributed by atoms with van der Waals surface area (Å²) in [6.45, 7) is 0.486. The van der Waals surface area contributed by atoms with Gasteiger partial charge >= 0.3 is 0 Å². The highest BCUT2D eigenvalue weighted by Gasteiger charge is 2.07. The van der Waals surface area contributed by atoms with Gasteiger partial charge in [0, 0.05) is 5.56 Å². The van der Waals surface area contributed by atoms with Gasteiger partial charge in [0.05, 0.1) is 13.7 Å². The lowest BCUT2D eigenvalue weighted by Gasteiger charge is -2.08. The number of benzene rings is 1. The Labute approximate surface area is 92.8 Å². The molecule has 0 unspecified atom stereocenters. The molecule has 0 amide bonds. The normalized spacial score (nSPS) is 10.3. The average molecular weight is 219 g/mol. The van der Waals surface area contributed by atoms with Crippen LogP contribution in [-0.2, 0) is 6.54 Å². The van der Waals surface area contributed by atoms with Crippen molar-refractivity contribution < 1.29 is 4.74 Å². The maximum atomic E-state index is 5.65. The van der Waals surface area contributed by atoms with Gasteiger partial charge in [0.2, 0.25) is 11.9 Å². The Hall–Kier alpha value is -2.24. The first kappa shape index (κ1) is 10.3. The molecule has 6 heteroatoms. The first-order valence-electron chi connectivity index (χ1n) is 4.78. The van der Waals surface area contributed by atoms with Gasteiger partial charge in [-0.25, -0.2) is 4.68 Å². The summed E-state index contributed by atoms with van der Waals surface area (Å²) < 4.78 is 6.77. The summed E-state index contributed by atoms with van der Waals surface area (Å²) in [5.41, 5.74) is 12.1. The molecule has 4 N–H and O–H groups in total. The molecule has 0 bridgehead atoms. The summed E-state index contributed by atoms with van der Waals surface area (Å²) in [7, 11) is 1.62. The zero-order chi connectivity index (χ0) is 11.5. The molecule has 1 aromatic carbocycles. The fraction of sp³-hybridized carbons (Fsp3) is 0.200. The largest absolute Gasteiger partial charge is 0.496 e. The van der Waals surface area contributed by atoms with Crippen LogP contribution >= 0.6 is 0 Å². The van der Waals surface area contributed by atoms with Gasteiger partial charge in [-0.15, -0.1) is 5.10 Å². The summed E-state index contributed by atoms with van der Waals surface area (Å²) in [5, 5.41) is 3.98. The minimum atomic E-state index is 0.174. The van der Waals surface area contributed by atoms with Gasteiger partial charge < -0.3 is 16.2 Å². The third-order valence-electron chi connectivity index (χ3n) is 2.23. The van der Waals surface area contributed by atoms with E-state index in [2.05, 4.69) is 10.1 Å². The third kappa shape index (κ3) is 1.90. The summed E-state index contributed by atoms with van der Waals surface area (Å²) in [5.74, 6) is 1.26. The van der Waals surface area contributed by atoms with Gasteiger partial charge in [-0.05, 0) is 6.07 Å². The number of nitrogen functional groups attached to an aromatic ring is 2. The molecule has 1 aromatic heterocycles. The van der Waals surface area contributed by atoms with Crippen LogP contribution in [0.25, 0.3) is 0 Å². The number of nitrogens with two attached hydrogens (primary N) is 2. The average Bonchev–Trinajstić information content (AvgIpc) is 2.58.